The summed E-state index contributed by atoms with van der Waals surface area (Å²) >= 11 is 0. The highest BCUT2D eigenvalue weighted by molar-refractivity contribution is 5.67. The first kappa shape index (κ1) is 12.9. The molecular formula is C10H16O6. The molecule has 0 radical (unpaired) electrons. The van der Waals surface area contributed by atoms with Gasteiger partial charge in [0.05, 0.1) is 6.10 Å². The summed E-state index contributed by atoms with van der Waals surface area (Å²) in [7, 11) is 0. The number of carbonyl (C=O) groups excluding carboxylic acids is 2. The van der Waals surface area contributed by atoms with E-state index in [2.05, 4.69) is 0 Å². The monoisotopic (exact) mass is 232 g/mol. The minimum absolute atomic E-state index is 0.0991. The molecule has 1 aliphatic heterocycles. The third-order valence-corrected chi connectivity index (χ3v) is 2.25. The molecule has 6 heteroatoms. The number of ether oxygens (including phenoxy) is 3. The molecule has 1 aliphatic rings. The largest absolute Gasteiger partial charge is 0.458 e. The van der Waals surface area contributed by atoms with Crippen LogP contribution in [0.3, 0.4) is 0 Å². The molecule has 92 valence electrons. The van der Waals surface area contributed by atoms with Crippen molar-refractivity contribution in [3.8, 4) is 0 Å². The topological polar surface area (TPSA) is 82.1 Å². The van der Waals surface area contributed by atoms with Gasteiger partial charge in [-0.1, -0.05) is 0 Å². The molecule has 0 aliphatic carbocycles. The van der Waals surface area contributed by atoms with Crippen LogP contribution >= 0.6 is 0 Å². The van der Waals surface area contributed by atoms with Crippen molar-refractivity contribution in [2.75, 3.05) is 0 Å². The number of rotatable bonds is 2. The third kappa shape index (κ3) is 3.46. The molecule has 0 unspecified atom stereocenters. The van der Waals surface area contributed by atoms with Crippen LogP contribution in [-0.4, -0.2) is 41.6 Å². The standard InChI is InChI=1S/C10H16O6/c1-5-10(16-7(3)12)8(15-6(2)11)4-9(13)14-5/h5,8-10,13H,4H2,1-3H3/t5-,8-,9-,10-/m1/s1. The zero-order chi connectivity index (χ0) is 12.3. The molecule has 6 nitrogen and oxygen atoms in total. The molecule has 1 saturated heterocycles. The van der Waals surface area contributed by atoms with Crippen molar-refractivity contribution in [3.63, 3.8) is 0 Å². The second-order valence-electron chi connectivity index (χ2n) is 3.75. The van der Waals surface area contributed by atoms with Gasteiger partial charge >= 0.3 is 11.9 Å². The average molecular weight is 232 g/mol. The van der Waals surface area contributed by atoms with Gasteiger partial charge in [-0.25, -0.2) is 0 Å². The number of hydrogen-bond donors (Lipinski definition) is 1. The van der Waals surface area contributed by atoms with Crippen molar-refractivity contribution in [2.45, 2.75) is 51.8 Å². The SMILES string of the molecule is CC(=O)O[C@@H]1[C@@H](C)O[C@@H](O)C[C@H]1OC(C)=O. The van der Waals surface area contributed by atoms with E-state index >= 15 is 0 Å². The molecule has 0 saturated carbocycles. The zero-order valence-electron chi connectivity index (χ0n) is 9.50. The Morgan fingerprint density at radius 2 is 1.81 bits per heavy atom. The van der Waals surface area contributed by atoms with E-state index in [1.807, 2.05) is 0 Å². The van der Waals surface area contributed by atoms with Gasteiger partial charge in [0.1, 0.15) is 6.10 Å². The second-order valence-corrected chi connectivity index (χ2v) is 3.75. The number of aliphatic hydroxyl groups excluding tert-OH is 1. The molecule has 0 aromatic heterocycles. The Morgan fingerprint density at radius 3 is 2.31 bits per heavy atom. The van der Waals surface area contributed by atoms with Gasteiger partial charge in [-0.15, -0.1) is 0 Å². The quantitative estimate of drug-likeness (QED) is 0.674. The Kier molecular flexibility index (Phi) is 4.26. The molecule has 0 spiro atoms. The van der Waals surface area contributed by atoms with Crippen LogP contribution in [0, 0.1) is 0 Å². The van der Waals surface area contributed by atoms with E-state index in [1.165, 1.54) is 13.8 Å². The number of carbonyl (C=O) groups is 2. The fraction of sp³-hybridized carbons (Fsp3) is 0.800. The molecule has 1 fully saturated rings. The summed E-state index contributed by atoms with van der Waals surface area (Å²) in [4.78, 5) is 21.8. The fourth-order valence-corrected chi connectivity index (χ4v) is 1.71. The number of aliphatic hydroxyl groups is 1. The van der Waals surface area contributed by atoms with Crippen molar-refractivity contribution >= 4 is 11.9 Å². The summed E-state index contributed by atoms with van der Waals surface area (Å²) in [6.45, 7) is 4.17. The van der Waals surface area contributed by atoms with E-state index in [1.54, 1.807) is 6.92 Å². The van der Waals surface area contributed by atoms with E-state index in [0.29, 0.717) is 0 Å². The van der Waals surface area contributed by atoms with Gasteiger partial charge in [-0.2, -0.15) is 0 Å². The van der Waals surface area contributed by atoms with E-state index < -0.39 is 36.5 Å². The average Bonchev–Trinajstić information content (AvgIpc) is 2.09. The van der Waals surface area contributed by atoms with Crippen LogP contribution < -0.4 is 0 Å². The van der Waals surface area contributed by atoms with Crippen LogP contribution in [0.1, 0.15) is 27.2 Å². The van der Waals surface area contributed by atoms with Crippen molar-refractivity contribution < 1.29 is 28.9 Å². The first-order valence-electron chi connectivity index (χ1n) is 5.08. The van der Waals surface area contributed by atoms with Gasteiger partial charge < -0.3 is 19.3 Å². The molecule has 0 bridgehead atoms. The maximum Gasteiger partial charge on any atom is 0.303 e. The second kappa shape index (κ2) is 5.27. The highest BCUT2D eigenvalue weighted by atomic mass is 16.7. The van der Waals surface area contributed by atoms with Crippen molar-refractivity contribution in [2.24, 2.45) is 0 Å². The minimum atomic E-state index is -1.01. The Hall–Kier alpha value is -1.14. The van der Waals surface area contributed by atoms with Gasteiger partial charge in [0.25, 0.3) is 0 Å². The maximum atomic E-state index is 10.9. The first-order valence-corrected chi connectivity index (χ1v) is 5.08. The Bertz CT molecular complexity index is 276. The third-order valence-electron chi connectivity index (χ3n) is 2.25. The lowest BCUT2D eigenvalue weighted by Crippen LogP contribution is -2.50. The summed E-state index contributed by atoms with van der Waals surface area (Å²) < 4.78 is 15.1. The highest BCUT2D eigenvalue weighted by Gasteiger charge is 2.40. The lowest BCUT2D eigenvalue weighted by Gasteiger charge is -2.37. The Balaban J connectivity index is 2.71. The fourth-order valence-electron chi connectivity index (χ4n) is 1.71. The summed E-state index contributed by atoms with van der Waals surface area (Å²) in [5.41, 5.74) is 0. The van der Waals surface area contributed by atoms with Gasteiger partial charge in [-0.3, -0.25) is 9.59 Å². The maximum absolute atomic E-state index is 10.9. The summed E-state index contributed by atoms with van der Waals surface area (Å²) in [6, 6.07) is 0. The molecule has 1 heterocycles. The van der Waals surface area contributed by atoms with Crippen molar-refractivity contribution in [1.82, 2.24) is 0 Å². The Labute approximate surface area is 93.5 Å². The smallest absolute Gasteiger partial charge is 0.303 e. The zero-order valence-corrected chi connectivity index (χ0v) is 9.50. The van der Waals surface area contributed by atoms with Crippen LogP contribution in [0.25, 0.3) is 0 Å². The van der Waals surface area contributed by atoms with E-state index in [9.17, 15) is 14.7 Å². The molecule has 0 amide bonds. The van der Waals surface area contributed by atoms with E-state index in [-0.39, 0.29) is 6.42 Å². The van der Waals surface area contributed by atoms with Crippen LogP contribution in [0.4, 0.5) is 0 Å². The minimum Gasteiger partial charge on any atom is -0.458 e. The summed E-state index contributed by atoms with van der Waals surface area (Å²) in [6.07, 6.45) is -2.77. The molecule has 1 rings (SSSR count). The summed E-state index contributed by atoms with van der Waals surface area (Å²) in [5, 5.41) is 9.36. The van der Waals surface area contributed by atoms with Gasteiger partial charge in [0.2, 0.25) is 0 Å². The summed E-state index contributed by atoms with van der Waals surface area (Å²) in [5.74, 6) is -0.961. The van der Waals surface area contributed by atoms with Crippen LogP contribution in [0.15, 0.2) is 0 Å². The molecule has 0 aromatic rings. The molecule has 0 aromatic carbocycles. The highest BCUT2D eigenvalue weighted by Crippen LogP contribution is 2.24. The number of esters is 2. The first-order chi connectivity index (χ1) is 7.40. The molecule has 16 heavy (non-hydrogen) atoms. The molecule has 4 atom stereocenters. The van der Waals surface area contributed by atoms with Crippen LogP contribution in [-0.2, 0) is 23.8 Å². The van der Waals surface area contributed by atoms with Gasteiger partial charge in [-0.05, 0) is 6.92 Å². The Morgan fingerprint density at radius 1 is 1.25 bits per heavy atom. The van der Waals surface area contributed by atoms with E-state index in [4.69, 9.17) is 14.2 Å². The number of hydrogen-bond acceptors (Lipinski definition) is 6. The van der Waals surface area contributed by atoms with Crippen LogP contribution in [0.2, 0.25) is 0 Å². The van der Waals surface area contributed by atoms with Crippen LogP contribution in [0.5, 0.6) is 0 Å². The van der Waals surface area contributed by atoms with Crippen molar-refractivity contribution in [3.05, 3.63) is 0 Å². The normalized spacial score (nSPS) is 34.2. The molecule has 1 N–H and O–H groups in total. The van der Waals surface area contributed by atoms with Gasteiger partial charge in [0, 0.05) is 20.3 Å². The predicted octanol–water partition coefficient (Wildman–Crippen LogP) is -0.0230. The van der Waals surface area contributed by atoms with Gasteiger partial charge in [0.15, 0.2) is 12.4 Å². The van der Waals surface area contributed by atoms with Crippen molar-refractivity contribution in [1.29, 1.82) is 0 Å². The lowest BCUT2D eigenvalue weighted by atomic mass is 10.0. The van der Waals surface area contributed by atoms with E-state index in [0.717, 1.165) is 0 Å². The molecular weight excluding hydrogens is 216 g/mol. The lowest BCUT2D eigenvalue weighted by molar-refractivity contribution is -0.241. The predicted molar refractivity (Wildman–Crippen MR) is 52.3 cm³/mol.